The zero-order valence-corrected chi connectivity index (χ0v) is 18.0. The van der Waals surface area contributed by atoms with Crippen molar-refractivity contribution in [1.82, 2.24) is 9.97 Å². The zero-order valence-electron chi connectivity index (χ0n) is 18.0. The van der Waals surface area contributed by atoms with Gasteiger partial charge in [-0.15, -0.1) is 0 Å². The van der Waals surface area contributed by atoms with Crippen molar-refractivity contribution in [3.8, 4) is 0 Å². The first-order chi connectivity index (χ1) is 16.4. The van der Waals surface area contributed by atoms with Crippen molar-refractivity contribution >= 4 is 40.4 Å². The second-order valence-electron chi connectivity index (χ2n) is 8.13. The lowest BCUT2D eigenvalue weighted by Gasteiger charge is -2.29. The molecule has 0 aliphatic carbocycles. The lowest BCUT2D eigenvalue weighted by Crippen LogP contribution is -2.36. The number of ether oxygens (including phenoxy) is 1. The Hall–Kier alpha value is -3.61. The number of nitro groups is 1. The van der Waals surface area contributed by atoms with Crippen LogP contribution < -0.4 is 9.80 Å². The number of fused-ring (bicyclic) bond motifs is 1. The van der Waals surface area contributed by atoms with Gasteiger partial charge in [0.2, 0.25) is 0 Å². The summed E-state index contributed by atoms with van der Waals surface area (Å²) in [6.45, 7) is 2.42. The van der Waals surface area contributed by atoms with E-state index >= 15 is 4.39 Å². The number of aromatic nitrogens is 2. The Morgan fingerprint density at radius 2 is 1.82 bits per heavy atom. The maximum absolute atomic E-state index is 15.1. The van der Waals surface area contributed by atoms with Crippen LogP contribution in [-0.2, 0) is 4.74 Å². The molecule has 0 amide bonds. The van der Waals surface area contributed by atoms with Crippen LogP contribution in [0.4, 0.5) is 21.8 Å². The number of hydrogen-bond acceptors (Lipinski definition) is 10. The molecule has 2 atom stereocenters. The van der Waals surface area contributed by atoms with Gasteiger partial charge in [0.25, 0.3) is 0 Å². The second kappa shape index (κ2) is 8.97. The number of anilines is 2. The molecule has 2 aromatic heterocycles. The fraction of sp³-hybridized carbons (Fsp3) is 0.364. The highest BCUT2D eigenvalue weighted by atomic mass is 19.1. The van der Waals surface area contributed by atoms with Crippen molar-refractivity contribution in [2.45, 2.75) is 12.2 Å². The fourth-order valence-corrected chi connectivity index (χ4v) is 4.13. The molecule has 4 heterocycles. The van der Waals surface area contributed by atoms with Gasteiger partial charge in [-0.2, -0.15) is 0 Å². The van der Waals surface area contributed by atoms with Gasteiger partial charge in [-0.05, 0) is 24.3 Å². The molecule has 11 nitrogen and oxygen atoms in total. The van der Waals surface area contributed by atoms with Crippen molar-refractivity contribution in [3.05, 3.63) is 51.8 Å². The van der Waals surface area contributed by atoms with Crippen LogP contribution >= 0.6 is 0 Å². The summed E-state index contributed by atoms with van der Waals surface area (Å²) in [7, 11) is 0. The van der Waals surface area contributed by atoms with Crippen LogP contribution in [0, 0.1) is 15.9 Å². The first-order valence-electron chi connectivity index (χ1n) is 10.8. The third-order valence-electron chi connectivity index (χ3n) is 5.86. The third-order valence-corrected chi connectivity index (χ3v) is 5.86. The van der Waals surface area contributed by atoms with E-state index in [1.165, 1.54) is 30.4 Å². The highest BCUT2D eigenvalue weighted by Gasteiger charge is 2.32. The van der Waals surface area contributed by atoms with Gasteiger partial charge in [0.1, 0.15) is 22.3 Å². The molecule has 178 valence electrons. The van der Waals surface area contributed by atoms with E-state index in [-0.39, 0.29) is 24.7 Å². The molecule has 12 heteroatoms. The van der Waals surface area contributed by atoms with Crippen LogP contribution in [0.2, 0.25) is 0 Å². The maximum Gasteiger partial charge on any atom is 0.433 e. The lowest BCUT2D eigenvalue weighted by molar-refractivity contribution is -0.402. The second-order valence-corrected chi connectivity index (χ2v) is 8.13. The van der Waals surface area contributed by atoms with Gasteiger partial charge in [-0.3, -0.25) is 10.1 Å². The van der Waals surface area contributed by atoms with Crippen LogP contribution in [0.15, 0.2) is 28.7 Å². The van der Waals surface area contributed by atoms with Crippen LogP contribution in [0.1, 0.15) is 11.6 Å². The largest absolute Gasteiger partial charge is 0.433 e. The molecule has 2 aliphatic heterocycles. The Kier molecular flexibility index (Phi) is 5.86. The van der Waals surface area contributed by atoms with E-state index in [1.54, 1.807) is 11.0 Å². The summed E-state index contributed by atoms with van der Waals surface area (Å²) < 4.78 is 25.6. The summed E-state index contributed by atoms with van der Waals surface area (Å²) in [6.07, 6.45) is 1.10. The van der Waals surface area contributed by atoms with E-state index in [1.807, 2.05) is 4.90 Å². The van der Waals surface area contributed by atoms with Gasteiger partial charge >= 0.3 is 5.88 Å². The Bertz CT molecular complexity index is 1250. The van der Waals surface area contributed by atoms with E-state index < -0.39 is 28.8 Å². The predicted octanol–water partition coefficient (Wildman–Crippen LogP) is 1.82. The number of nitrogens with zero attached hydrogens (tertiary/aromatic N) is 5. The minimum Gasteiger partial charge on any atom is -0.401 e. The topological polar surface area (TPSA) is 138 Å². The highest BCUT2D eigenvalue weighted by Crippen LogP contribution is 2.33. The number of aliphatic hydroxyl groups is 2. The van der Waals surface area contributed by atoms with Crippen LogP contribution in [0.3, 0.4) is 0 Å². The van der Waals surface area contributed by atoms with Gasteiger partial charge in [0, 0.05) is 37.6 Å². The average molecular weight is 471 g/mol. The Morgan fingerprint density at radius 3 is 2.50 bits per heavy atom. The lowest BCUT2D eigenvalue weighted by atomic mass is 10.1. The van der Waals surface area contributed by atoms with Crippen molar-refractivity contribution in [2.75, 3.05) is 49.2 Å². The van der Waals surface area contributed by atoms with Gasteiger partial charge in [0.05, 0.1) is 42.7 Å². The van der Waals surface area contributed by atoms with Crippen LogP contribution in [-0.4, -0.2) is 76.7 Å². The van der Waals surface area contributed by atoms with Gasteiger partial charge < -0.3 is 29.2 Å². The first-order valence-corrected chi connectivity index (χ1v) is 10.8. The number of β-amino-alcohol motifs (C(OH)–C–C–N with tert-alkyl or cyclic N) is 2. The zero-order chi connectivity index (χ0) is 23.8. The quantitative estimate of drug-likeness (QED) is 0.418. The van der Waals surface area contributed by atoms with E-state index in [2.05, 4.69) is 9.97 Å². The summed E-state index contributed by atoms with van der Waals surface area (Å²) in [5, 5.41) is 31.6. The minimum absolute atomic E-state index is 0.158. The van der Waals surface area contributed by atoms with Crippen LogP contribution in [0.5, 0.6) is 0 Å². The molecule has 2 N–H and O–H groups in total. The molecule has 5 rings (SSSR count). The molecule has 34 heavy (non-hydrogen) atoms. The molecule has 2 saturated heterocycles. The van der Waals surface area contributed by atoms with Gasteiger partial charge in [0.15, 0.2) is 5.82 Å². The van der Waals surface area contributed by atoms with Gasteiger partial charge in [-0.25, -0.2) is 14.4 Å². The Balaban J connectivity index is 1.57. The molecule has 3 aromatic rings. The number of aliphatic hydroxyl groups excluding tert-OH is 2. The standard InChI is InChI=1S/C22H22FN5O6/c23-15-10-16-14(9-17(15)26-5-7-33-8-6-26)22(27-11-18(29)19(30)12-27)25-20(24-16)3-1-13-2-4-21(34-13)28(31)32/h1-4,9-10,18-19,29-30H,5-8,11-12H2/b3-1+. The van der Waals surface area contributed by atoms with Crippen molar-refractivity contribution in [3.63, 3.8) is 0 Å². The molecule has 0 radical (unpaired) electrons. The summed E-state index contributed by atoms with van der Waals surface area (Å²) >= 11 is 0. The van der Waals surface area contributed by atoms with Crippen LogP contribution in [0.25, 0.3) is 23.1 Å². The molecular formula is C22H22FN5O6. The summed E-state index contributed by atoms with van der Waals surface area (Å²) in [6, 6.07) is 5.70. The summed E-state index contributed by atoms with van der Waals surface area (Å²) in [5.41, 5.74) is 0.757. The maximum atomic E-state index is 15.1. The van der Waals surface area contributed by atoms with Crippen molar-refractivity contribution in [1.29, 1.82) is 0 Å². The highest BCUT2D eigenvalue weighted by molar-refractivity contribution is 5.93. The number of hydrogen-bond donors (Lipinski definition) is 2. The minimum atomic E-state index is -0.938. The van der Waals surface area contributed by atoms with Crippen molar-refractivity contribution in [2.24, 2.45) is 0 Å². The monoisotopic (exact) mass is 471 g/mol. The number of benzene rings is 1. The molecule has 2 aliphatic rings. The normalized spacial score (nSPS) is 21.1. The third kappa shape index (κ3) is 4.30. The molecule has 1 aromatic carbocycles. The Labute approximate surface area is 192 Å². The number of furan rings is 1. The van der Waals surface area contributed by atoms with Gasteiger partial charge in [-0.1, -0.05) is 0 Å². The molecule has 0 bridgehead atoms. The molecule has 2 unspecified atom stereocenters. The van der Waals surface area contributed by atoms with E-state index in [4.69, 9.17) is 9.15 Å². The first kappa shape index (κ1) is 22.2. The smallest absolute Gasteiger partial charge is 0.401 e. The molecule has 0 spiro atoms. The SMILES string of the molecule is O=[N+]([O-])c1ccc(/C=C/c2nc(N3CC(O)C(O)C3)c3cc(N4CCOCC4)c(F)cc3n2)o1. The number of halogens is 1. The fourth-order valence-electron chi connectivity index (χ4n) is 4.13. The molecule has 0 saturated carbocycles. The van der Waals surface area contributed by atoms with E-state index in [0.717, 1.165) is 0 Å². The average Bonchev–Trinajstić information content (AvgIpc) is 3.44. The summed E-state index contributed by atoms with van der Waals surface area (Å²) in [5.74, 6) is 0.0728. The Morgan fingerprint density at radius 1 is 1.09 bits per heavy atom. The van der Waals surface area contributed by atoms with Crippen molar-refractivity contribution < 1.29 is 28.7 Å². The molecule has 2 fully saturated rings. The number of morpholine rings is 1. The number of rotatable bonds is 5. The molecular weight excluding hydrogens is 449 g/mol. The summed E-state index contributed by atoms with van der Waals surface area (Å²) in [4.78, 5) is 22.8. The predicted molar refractivity (Wildman–Crippen MR) is 121 cm³/mol. The van der Waals surface area contributed by atoms with E-state index in [9.17, 15) is 20.3 Å². The van der Waals surface area contributed by atoms with E-state index in [0.29, 0.717) is 48.7 Å².